The Morgan fingerprint density at radius 3 is 2.88 bits per heavy atom. The number of ether oxygens (including phenoxy) is 1. The Morgan fingerprint density at radius 2 is 2.25 bits per heavy atom. The van der Waals surface area contributed by atoms with Gasteiger partial charge in [-0.15, -0.1) is 0 Å². The second kappa shape index (κ2) is 5.06. The van der Waals surface area contributed by atoms with E-state index >= 15 is 0 Å². The number of piperidine rings is 1. The van der Waals surface area contributed by atoms with Crippen LogP contribution in [0.15, 0.2) is 16.6 Å². The summed E-state index contributed by atoms with van der Waals surface area (Å²) < 4.78 is 6.08. The molecule has 0 saturated carbocycles. The summed E-state index contributed by atoms with van der Waals surface area (Å²) in [6.07, 6.45) is 3.47. The van der Waals surface area contributed by atoms with E-state index in [2.05, 4.69) is 21.2 Å². The molecule has 1 fully saturated rings. The van der Waals surface area contributed by atoms with E-state index in [0.717, 1.165) is 23.0 Å². The standard InChI is InChI=1S/C12H16BrNO2/c1-16-11-7-8(13)6-9(12(11)15)10-4-2-3-5-14-10/h6-7,10,14-15H,2-5H2,1H3/t10-/m1/s1. The van der Waals surface area contributed by atoms with Crippen molar-refractivity contribution in [2.24, 2.45) is 0 Å². The van der Waals surface area contributed by atoms with Crippen molar-refractivity contribution >= 4 is 15.9 Å². The van der Waals surface area contributed by atoms with E-state index in [-0.39, 0.29) is 11.8 Å². The molecule has 0 spiro atoms. The molecule has 2 N–H and O–H groups in total. The smallest absolute Gasteiger partial charge is 0.162 e. The first-order valence-corrected chi connectivity index (χ1v) is 6.31. The topological polar surface area (TPSA) is 41.5 Å². The summed E-state index contributed by atoms with van der Waals surface area (Å²) in [6, 6.07) is 3.97. The van der Waals surface area contributed by atoms with Crippen molar-refractivity contribution in [3.05, 3.63) is 22.2 Å². The lowest BCUT2D eigenvalue weighted by molar-refractivity contribution is 0.354. The van der Waals surface area contributed by atoms with E-state index < -0.39 is 0 Å². The van der Waals surface area contributed by atoms with Crippen molar-refractivity contribution in [3.63, 3.8) is 0 Å². The van der Waals surface area contributed by atoms with Gasteiger partial charge in [-0.3, -0.25) is 0 Å². The molecule has 0 radical (unpaired) electrons. The molecule has 16 heavy (non-hydrogen) atoms. The van der Waals surface area contributed by atoms with Gasteiger partial charge >= 0.3 is 0 Å². The number of hydrogen-bond acceptors (Lipinski definition) is 3. The third-order valence-corrected chi connectivity index (χ3v) is 3.43. The number of rotatable bonds is 2. The molecule has 1 aromatic rings. The van der Waals surface area contributed by atoms with Crippen molar-refractivity contribution in [3.8, 4) is 11.5 Å². The van der Waals surface area contributed by atoms with Gasteiger partial charge in [0.25, 0.3) is 0 Å². The minimum Gasteiger partial charge on any atom is -0.504 e. The van der Waals surface area contributed by atoms with Crippen LogP contribution in [-0.2, 0) is 0 Å². The number of nitrogens with one attached hydrogen (secondary N) is 1. The maximum Gasteiger partial charge on any atom is 0.162 e. The van der Waals surface area contributed by atoms with Crippen molar-refractivity contribution < 1.29 is 9.84 Å². The molecule has 1 aliphatic rings. The van der Waals surface area contributed by atoms with Crippen molar-refractivity contribution in [2.75, 3.05) is 13.7 Å². The summed E-state index contributed by atoms with van der Waals surface area (Å²) in [6.45, 7) is 1.01. The predicted molar refractivity (Wildman–Crippen MR) is 67.0 cm³/mol. The van der Waals surface area contributed by atoms with Gasteiger partial charge in [0.05, 0.1) is 7.11 Å². The second-order valence-corrected chi connectivity index (χ2v) is 4.96. The van der Waals surface area contributed by atoms with Crippen LogP contribution >= 0.6 is 15.9 Å². The number of phenols is 1. The zero-order valence-corrected chi connectivity index (χ0v) is 10.9. The summed E-state index contributed by atoms with van der Waals surface area (Å²) in [5.74, 6) is 0.779. The Kier molecular flexibility index (Phi) is 3.71. The van der Waals surface area contributed by atoms with E-state index in [1.807, 2.05) is 6.07 Å². The van der Waals surface area contributed by atoms with Gasteiger partial charge in [-0.25, -0.2) is 0 Å². The second-order valence-electron chi connectivity index (χ2n) is 4.05. The molecule has 2 rings (SSSR count). The largest absolute Gasteiger partial charge is 0.504 e. The first kappa shape index (κ1) is 11.7. The molecule has 1 saturated heterocycles. The number of benzene rings is 1. The Balaban J connectivity index is 2.34. The third-order valence-electron chi connectivity index (χ3n) is 2.97. The van der Waals surface area contributed by atoms with Crippen LogP contribution in [0.25, 0.3) is 0 Å². The lowest BCUT2D eigenvalue weighted by Crippen LogP contribution is -2.26. The highest BCUT2D eigenvalue weighted by Crippen LogP contribution is 2.39. The summed E-state index contributed by atoms with van der Waals surface area (Å²) >= 11 is 3.44. The fourth-order valence-electron chi connectivity index (χ4n) is 2.13. The van der Waals surface area contributed by atoms with Gasteiger partial charge in [0.2, 0.25) is 0 Å². The van der Waals surface area contributed by atoms with Gasteiger partial charge in [-0.05, 0) is 31.5 Å². The average molecular weight is 286 g/mol. The summed E-state index contributed by atoms with van der Waals surface area (Å²) in [5, 5.41) is 13.5. The molecule has 1 heterocycles. The highest BCUT2D eigenvalue weighted by atomic mass is 79.9. The molecule has 3 nitrogen and oxygen atoms in total. The molecule has 0 unspecified atom stereocenters. The first-order valence-electron chi connectivity index (χ1n) is 5.52. The lowest BCUT2D eigenvalue weighted by Gasteiger charge is -2.25. The molecule has 0 aromatic heterocycles. The van der Waals surface area contributed by atoms with Crippen LogP contribution in [0.5, 0.6) is 11.5 Å². The predicted octanol–water partition coefficient (Wildman–Crippen LogP) is 2.98. The van der Waals surface area contributed by atoms with Gasteiger partial charge in [0, 0.05) is 16.1 Å². The SMILES string of the molecule is COc1cc(Br)cc([C@H]2CCCCN2)c1O. The molecule has 1 atom stereocenters. The average Bonchev–Trinajstić information content (AvgIpc) is 2.33. The van der Waals surface area contributed by atoms with Crippen LogP contribution in [0.2, 0.25) is 0 Å². The van der Waals surface area contributed by atoms with Crippen LogP contribution in [0.4, 0.5) is 0 Å². The van der Waals surface area contributed by atoms with Crippen molar-refractivity contribution in [1.29, 1.82) is 0 Å². The maximum atomic E-state index is 10.1. The van der Waals surface area contributed by atoms with Crippen LogP contribution in [0.1, 0.15) is 30.9 Å². The number of halogens is 1. The van der Waals surface area contributed by atoms with Crippen molar-refractivity contribution in [1.82, 2.24) is 5.32 Å². The Morgan fingerprint density at radius 1 is 1.44 bits per heavy atom. The van der Waals surface area contributed by atoms with Gasteiger partial charge < -0.3 is 15.2 Å². The molecule has 0 amide bonds. The van der Waals surface area contributed by atoms with Crippen LogP contribution in [0.3, 0.4) is 0 Å². The number of aromatic hydroxyl groups is 1. The minimum atomic E-state index is 0.236. The Hall–Kier alpha value is -0.740. The summed E-state index contributed by atoms with van der Waals surface area (Å²) in [7, 11) is 1.57. The van der Waals surface area contributed by atoms with Gasteiger partial charge in [-0.1, -0.05) is 22.4 Å². The highest BCUT2D eigenvalue weighted by molar-refractivity contribution is 9.10. The normalized spacial score (nSPS) is 20.8. The lowest BCUT2D eigenvalue weighted by atomic mass is 9.96. The molecule has 0 aliphatic carbocycles. The maximum absolute atomic E-state index is 10.1. The molecule has 4 heteroatoms. The van der Waals surface area contributed by atoms with Crippen LogP contribution < -0.4 is 10.1 Å². The zero-order chi connectivity index (χ0) is 11.5. The summed E-state index contributed by atoms with van der Waals surface area (Å²) in [5.41, 5.74) is 0.922. The van der Waals surface area contributed by atoms with E-state index in [0.29, 0.717) is 5.75 Å². The Labute approximate surface area is 104 Å². The van der Waals surface area contributed by atoms with E-state index in [4.69, 9.17) is 4.74 Å². The van der Waals surface area contributed by atoms with E-state index in [9.17, 15) is 5.11 Å². The fraction of sp³-hybridized carbons (Fsp3) is 0.500. The summed E-state index contributed by atoms with van der Waals surface area (Å²) in [4.78, 5) is 0. The quantitative estimate of drug-likeness (QED) is 0.878. The zero-order valence-electron chi connectivity index (χ0n) is 9.29. The first-order chi connectivity index (χ1) is 7.72. The minimum absolute atomic E-state index is 0.236. The fourth-order valence-corrected chi connectivity index (χ4v) is 2.59. The van der Waals surface area contributed by atoms with E-state index in [1.165, 1.54) is 12.8 Å². The highest BCUT2D eigenvalue weighted by Gasteiger charge is 2.20. The molecule has 0 bridgehead atoms. The van der Waals surface area contributed by atoms with Gasteiger partial charge in [0.1, 0.15) is 0 Å². The monoisotopic (exact) mass is 285 g/mol. The molecule has 88 valence electrons. The van der Waals surface area contributed by atoms with Gasteiger partial charge in [-0.2, -0.15) is 0 Å². The van der Waals surface area contributed by atoms with Gasteiger partial charge in [0.15, 0.2) is 11.5 Å². The van der Waals surface area contributed by atoms with Crippen LogP contribution in [-0.4, -0.2) is 18.8 Å². The Bertz CT molecular complexity index is 376. The molecule has 1 aromatic carbocycles. The molecule has 1 aliphatic heterocycles. The van der Waals surface area contributed by atoms with Crippen LogP contribution in [0, 0.1) is 0 Å². The number of phenolic OH excluding ortho intramolecular Hbond substituents is 1. The van der Waals surface area contributed by atoms with E-state index in [1.54, 1.807) is 13.2 Å². The molecular weight excluding hydrogens is 270 g/mol. The number of hydrogen-bond donors (Lipinski definition) is 2. The number of methoxy groups -OCH3 is 1. The molecular formula is C12H16BrNO2. The van der Waals surface area contributed by atoms with Crippen molar-refractivity contribution in [2.45, 2.75) is 25.3 Å². The third kappa shape index (κ3) is 2.33.